The Kier molecular flexibility index (Phi) is 9.87. The molecule has 0 radical (unpaired) electrons. The Bertz CT molecular complexity index is 98.9. The minimum absolute atomic E-state index is 0.302. The summed E-state index contributed by atoms with van der Waals surface area (Å²) in [7, 11) is 1.73. The molecular formula is C10H23NO2. The van der Waals surface area contributed by atoms with Crippen LogP contribution in [0.15, 0.2) is 0 Å². The standard InChI is InChI=1S/C10H23NO2/c1-4-7-13-8-5-6-11-9-10(2)12-3/h10-11H,4-9H2,1-3H3. The topological polar surface area (TPSA) is 30.5 Å². The quantitative estimate of drug-likeness (QED) is 0.557. The molecule has 0 bridgehead atoms. The van der Waals surface area contributed by atoms with Gasteiger partial charge in [-0.15, -0.1) is 0 Å². The van der Waals surface area contributed by atoms with E-state index < -0.39 is 0 Å². The van der Waals surface area contributed by atoms with E-state index in [1.165, 1.54) is 0 Å². The molecule has 0 fully saturated rings. The lowest BCUT2D eigenvalue weighted by Crippen LogP contribution is -2.27. The summed E-state index contributed by atoms with van der Waals surface area (Å²) in [6.45, 7) is 7.86. The molecule has 3 nitrogen and oxygen atoms in total. The van der Waals surface area contributed by atoms with Crippen LogP contribution in [-0.4, -0.2) is 39.5 Å². The average Bonchev–Trinajstić information content (AvgIpc) is 2.16. The van der Waals surface area contributed by atoms with E-state index in [-0.39, 0.29) is 0 Å². The number of ether oxygens (including phenoxy) is 2. The van der Waals surface area contributed by atoms with Crippen molar-refractivity contribution in [1.82, 2.24) is 5.32 Å². The fourth-order valence-electron chi connectivity index (χ4n) is 0.934. The second-order valence-electron chi connectivity index (χ2n) is 3.22. The predicted molar refractivity (Wildman–Crippen MR) is 55.1 cm³/mol. The first kappa shape index (κ1) is 12.9. The van der Waals surface area contributed by atoms with Crippen LogP contribution in [0.2, 0.25) is 0 Å². The monoisotopic (exact) mass is 189 g/mol. The molecule has 0 amide bonds. The summed E-state index contributed by atoms with van der Waals surface area (Å²) in [5.41, 5.74) is 0. The highest BCUT2D eigenvalue weighted by Gasteiger charge is 1.96. The van der Waals surface area contributed by atoms with Gasteiger partial charge in [-0.25, -0.2) is 0 Å². The Balaban J connectivity index is 2.91. The Morgan fingerprint density at radius 2 is 2.08 bits per heavy atom. The van der Waals surface area contributed by atoms with Crippen LogP contribution in [0.5, 0.6) is 0 Å². The molecule has 0 aromatic carbocycles. The lowest BCUT2D eigenvalue weighted by atomic mass is 10.4. The van der Waals surface area contributed by atoms with Crippen molar-refractivity contribution in [3.05, 3.63) is 0 Å². The maximum Gasteiger partial charge on any atom is 0.0667 e. The minimum atomic E-state index is 0.302. The number of hydrogen-bond acceptors (Lipinski definition) is 3. The van der Waals surface area contributed by atoms with Gasteiger partial charge in [0, 0.05) is 26.9 Å². The fraction of sp³-hybridized carbons (Fsp3) is 1.00. The van der Waals surface area contributed by atoms with E-state index in [1.54, 1.807) is 7.11 Å². The van der Waals surface area contributed by atoms with E-state index in [0.29, 0.717) is 6.10 Å². The Morgan fingerprint density at radius 3 is 2.69 bits per heavy atom. The van der Waals surface area contributed by atoms with Gasteiger partial charge in [0.2, 0.25) is 0 Å². The lowest BCUT2D eigenvalue weighted by molar-refractivity contribution is 0.112. The molecule has 0 rings (SSSR count). The third kappa shape index (κ3) is 9.80. The summed E-state index contributed by atoms with van der Waals surface area (Å²) in [5, 5.41) is 3.31. The van der Waals surface area contributed by atoms with Gasteiger partial charge in [-0.05, 0) is 26.3 Å². The summed E-state index contributed by atoms with van der Waals surface area (Å²) in [6.07, 6.45) is 2.49. The van der Waals surface area contributed by atoms with Gasteiger partial charge in [-0.2, -0.15) is 0 Å². The smallest absolute Gasteiger partial charge is 0.0667 e. The first-order valence-electron chi connectivity index (χ1n) is 5.12. The van der Waals surface area contributed by atoms with Gasteiger partial charge in [0.15, 0.2) is 0 Å². The normalized spacial score (nSPS) is 13.2. The second kappa shape index (κ2) is 9.96. The highest BCUT2D eigenvalue weighted by atomic mass is 16.5. The van der Waals surface area contributed by atoms with Crippen molar-refractivity contribution in [2.45, 2.75) is 32.8 Å². The van der Waals surface area contributed by atoms with Crippen molar-refractivity contribution in [3.63, 3.8) is 0 Å². The molecule has 0 saturated heterocycles. The van der Waals surface area contributed by atoms with Crippen molar-refractivity contribution < 1.29 is 9.47 Å². The van der Waals surface area contributed by atoms with Gasteiger partial charge in [0.1, 0.15) is 0 Å². The van der Waals surface area contributed by atoms with E-state index in [9.17, 15) is 0 Å². The molecule has 0 saturated carbocycles. The molecule has 0 heterocycles. The van der Waals surface area contributed by atoms with Gasteiger partial charge in [-0.1, -0.05) is 6.92 Å². The van der Waals surface area contributed by atoms with Crippen LogP contribution in [0.25, 0.3) is 0 Å². The lowest BCUT2D eigenvalue weighted by Gasteiger charge is -2.10. The molecule has 80 valence electrons. The zero-order valence-electron chi connectivity index (χ0n) is 9.14. The number of rotatable bonds is 9. The van der Waals surface area contributed by atoms with Crippen LogP contribution >= 0.6 is 0 Å². The molecule has 0 aromatic heterocycles. The van der Waals surface area contributed by atoms with Crippen LogP contribution in [-0.2, 0) is 9.47 Å². The minimum Gasteiger partial charge on any atom is -0.381 e. The van der Waals surface area contributed by atoms with Gasteiger partial charge in [-0.3, -0.25) is 0 Å². The third-order valence-electron chi connectivity index (χ3n) is 1.82. The molecule has 0 spiro atoms. The first-order chi connectivity index (χ1) is 6.31. The van der Waals surface area contributed by atoms with Gasteiger partial charge >= 0.3 is 0 Å². The summed E-state index contributed by atoms with van der Waals surface area (Å²) in [4.78, 5) is 0. The average molecular weight is 189 g/mol. The number of methoxy groups -OCH3 is 1. The largest absolute Gasteiger partial charge is 0.381 e. The van der Waals surface area contributed by atoms with Crippen molar-refractivity contribution >= 4 is 0 Å². The van der Waals surface area contributed by atoms with E-state index in [0.717, 1.165) is 39.1 Å². The molecule has 0 aliphatic heterocycles. The highest BCUT2D eigenvalue weighted by molar-refractivity contribution is 4.54. The van der Waals surface area contributed by atoms with Crippen LogP contribution < -0.4 is 5.32 Å². The van der Waals surface area contributed by atoms with Crippen molar-refractivity contribution in [2.24, 2.45) is 0 Å². The van der Waals surface area contributed by atoms with Crippen molar-refractivity contribution in [1.29, 1.82) is 0 Å². The predicted octanol–water partition coefficient (Wildman–Crippen LogP) is 1.43. The molecule has 3 heteroatoms. The third-order valence-corrected chi connectivity index (χ3v) is 1.82. The summed E-state index contributed by atoms with van der Waals surface area (Å²) >= 11 is 0. The fourth-order valence-corrected chi connectivity index (χ4v) is 0.934. The molecule has 1 unspecified atom stereocenters. The second-order valence-corrected chi connectivity index (χ2v) is 3.22. The zero-order valence-corrected chi connectivity index (χ0v) is 9.14. The van der Waals surface area contributed by atoms with Crippen LogP contribution in [0, 0.1) is 0 Å². The molecule has 0 aromatic rings. The highest BCUT2D eigenvalue weighted by Crippen LogP contribution is 1.86. The van der Waals surface area contributed by atoms with E-state index in [2.05, 4.69) is 19.2 Å². The molecular weight excluding hydrogens is 166 g/mol. The molecule has 0 aliphatic carbocycles. The molecule has 0 aliphatic rings. The van der Waals surface area contributed by atoms with Gasteiger partial charge in [0.05, 0.1) is 6.10 Å². The van der Waals surface area contributed by atoms with Crippen LogP contribution in [0.4, 0.5) is 0 Å². The van der Waals surface area contributed by atoms with Gasteiger partial charge < -0.3 is 14.8 Å². The number of nitrogens with one attached hydrogen (secondary N) is 1. The van der Waals surface area contributed by atoms with Crippen LogP contribution in [0.1, 0.15) is 26.7 Å². The Hall–Kier alpha value is -0.120. The van der Waals surface area contributed by atoms with Crippen LogP contribution in [0.3, 0.4) is 0 Å². The Labute approximate surface area is 81.8 Å². The van der Waals surface area contributed by atoms with Gasteiger partial charge in [0.25, 0.3) is 0 Å². The van der Waals surface area contributed by atoms with E-state index in [4.69, 9.17) is 9.47 Å². The summed E-state index contributed by atoms with van der Waals surface area (Å²) < 4.78 is 10.4. The van der Waals surface area contributed by atoms with E-state index >= 15 is 0 Å². The molecule has 1 atom stereocenters. The van der Waals surface area contributed by atoms with Crippen molar-refractivity contribution in [3.8, 4) is 0 Å². The van der Waals surface area contributed by atoms with E-state index in [1.807, 2.05) is 0 Å². The molecule has 13 heavy (non-hydrogen) atoms. The summed E-state index contributed by atoms with van der Waals surface area (Å²) in [5.74, 6) is 0. The van der Waals surface area contributed by atoms with Crippen molar-refractivity contribution in [2.75, 3.05) is 33.4 Å². The maximum absolute atomic E-state index is 5.34. The number of hydrogen-bond donors (Lipinski definition) is 1. The summed E-state index contributed by atoms with van der Waals surface area (Å²) in [6, 6.07) is 0. The maximum atomic E-state index is 5.34. The SMILES string of the molecule is CCCOCCCNCC(C)OC. The zero-order chi connectivity index (χ0) is 9.94. The first-order valence-corrected chi connectivity index (χ1v) is 5.12. The molecule has 1 N–H and O–H groups in total. The Morgan fingerprint density at radius 1 is 1.31 bits per heavy atom.